The topological polar surface area (TPSA) is 64.8 Å². The molecule has 1 aliphatic heterocycles. The Morgan fingerprint density at radius 1 is 1.19 bits per heavy atom. The zero-order chi connectivity index (χ0) is 19.4. The fourth-order valence-corrected chi connectivity index (χ4v) is 3.83. The van der Waals surface area contributed by atoms with E-state index in [1.165, 1.54) is 5.56 Å². The summed E-state index contributed by atoms with van der Waals surface area (Å²) in [6.45, 7) is 2.68. The van der Waals surface area contributed by atoms with Crippen molar-refractivity contribution in [3.05, 3.63) is 59.2 Å². The van der Waals surface area contributed by atoms with Gasteiger partial charge in [-0.15, -0.1) is 0 Å². The number of fused-ring (bicyclic) bond motifs is 1. The molecule has 3 rings (SSSR count). The average molecular weight is 368 g/mol. The number of hydrogen-bond donors (Lipinski definition) is 1. The first-order chi connectivity index (χ1) is 13.1. The Bertz CT molecular complexity index is 792. The van der Waals surface area contributed by atoms with Crippen molar-refractivity contribution in [2.24, 2.45) is 5.73 Å². The van der Waals surface area contributed by atoms with Gasteiger partial charge >= 0.3 is 0 Å². The number of carbonyl (C=O) groups is 1. The third-order valence-electron chi connectivity index (χ3n) is 5.19. The van der Waals surface area contributed by atoms with Crippen LogP contribution in [0.25, 0.3) is 0 Å². The molecule has 0 aromatic heterocycles. The number of ether oxygens (including phenoxy) is 2. The van der Waals surface area contributed by atoms with Crippen LogP contribution in [-0.2, 0) is 11.2 Å². The number of nitrogens with two attached hydrogens (primary N) is 1. The molecule has 2 aromatic carbocycles. The van der Waals surface area contributed by atoms with E-state index in [0.29, 0.717) is 24.5 Å². The summed E-state index contributed by atoms with van der Waals surface area (Å²) in [6.07, 6.45) is 2.34. The molecular weight excluding hydrogens is 340 g/mol. The van der Waals surface area contributed by atoms with Gasteiger partial charge in [0.05, 0.1) is 26.3 Å². The molecule has 1 heterocycles. The fourth-order valence-electron chi connectivity index (χ4n) is 3.83. The Kier molecular flexibility index (Phi) is 6.01. The van der Waals surface area contributed by atoms with Crippen molar-refractivity contribution in [1.82, 2.24) is 4.90 Å². The van der Waals surface area contributed by atoms with Crippen LogP contribution >= 0.6 is 0 Å². The van der Waals surface area contributed by atoms with Gasteiger partial charge in [0.15, 0.2) is 11.5 Å². The number of amides is 1. The van der Waals surface area contributed by atoms with Crippen molar-refractivity contribution in [2.45, 2.75) is 38.3 Å². The van der Waals surface area contributed by atoms with E-state index in [2.05, 4.69) is 12.1 Å². The van der Waals surface area contributed by atoms with Crippen LogP contribution in [0.2, 0.25) is 0 Å². The van der Waals surface area contributed by atoms with Gasteiger partial charge in [0.25, 0.3) is 0 Å². The van der Waals surface area contributed by atoms with Crippen molar-refractivity contribution in [3.63, 3.8) is 0 Å². The van der Waals surface area contributed by atoms with Crippen LogP contribution < -0.4 is 15.2 Å². The number of nitrogens with zero attached hydrogens (tertiary/aromatic N) is 1. The SMILES string of the molecule is CCCC(N)C(=O)N1CCc2cc(OC)c(OC)cc2C1c1ccccc1. The lowest BCUT2D eigenvalue weighted by molar-refractivity contribution is -0.134. The number of benzene rings is 2. The molecule has 0 radical (unpaired) electrons. The molecule has 144 valence electrons. The summed E-state index contributed by atoms with van der Waals surface area (Å²) < 4.78 is 11.0. The highest BCUT2D eigenvalue weighted by Gasteiger charge is 2.34. The predicted molar refractivity (Wildman–Crippen MR) is 106 cm³/mol. The summed E-state index contributed by atoms with van der Waals surface area (Å²) in [6, 6.07) is 13.5. The van der Waals surface area contributed by atoms with Crippen LogP contribution in [0.5, 0.6) is 11.5 Å². The van der Waals surface area contributed by atoms with E-state index in [9.17, 15) is 4.79 Å². The Morgan fingerprint density at radius 3 is 2.48 bits per heavy atom. The van der Waals surface area contributed by atoms with Gasteiger partial charge in [0.1, 0.15) is 0 Å². The minimum atomic E-state index is -0.470. The maximum atomic E-state index is 13.1. The Hall–Kier alpha value is -2.53. The standard InChI is InChI=1S/C22H28N2O3/c1-4-8-18(23)22(25)24-12-11-16-13-19(26-2)20(27-3)14-17(16)21(24)15-9-6-5-7-10-15/h5-7,9-10,13-14,18,21H,4,8,11-12,23H2,1-3H3. The molecule has 5 heteroatoms. The van der Waals surface area contributed by atoms with Gasteiger partial charge in [0, 0.05) is 6.54 Å². The summed E-state index contributed by atoms with van der Waals surface area (Å²) in [5.41, 5.74) is 9.50. The van der Waals surface area contributed by atoms with Gasteiger partial charge in [0.2, 0.25) is 5.91 Å². The van der Waals surface area contributed by atoms with Gasteiger partial charge in [-0.25, -0.2) is 0 Å². The third kappa shape index (κ3) is 3.78. The average Bonchev–Trinajstić information content (AvgIpc) is 2.72. The van der Waals surface area contributed by atoms with Crippen molar-refractivity contribution >= 4 is 5.91 Å². The van der Waals surface area contributed by atoms with Crippen LogP contribution in [0.1, 0.15) is 42.5 Å². The second-order valence-corrected chi connectivity index (χ2v) is 6.90. The Labute approximate surface area is 161 Å². The van der Waals surface area contributed by atoms with Gasteiger partial charge in [-0.1, -0.05) is 43.7 Å². The Morgan fingerprint density at radius 2 is 1.85 bits per heavy atom. The zero-order valence-electron chi connectivity index (χ0n) is 16.3. The maximum absolute atomic E-state index is 13.1. The van der Waals surface area contributed by atoms with Gasteiger partial charge in [-0.05, 0) is 41.7 Å². The first-order valence-electron chi connectivity index (χ1n) is 9.46. The van der Waals surface area contributed by atoms with E-state index in [4.69, 9.17) is 15.2 Å². The minimum Gasteiger partial charge on any atom is -0.493 e. The lowest BCUT2D eigenvalue weighted by Crippen LogP contribution is -2.48. The molecule has 0 bridgehead atoms. The van der Waals surface area contributed by atoms with E-state index in [0.717, 1.165) is 24.0 Å². The number of hydrogen-bond acceptors (Lipinski definition) is 4. The smallest absolute Gasteiger partial charge is 0.240 e. The van der Waals surface area contributed by atoms with Gasteiger partial charge < -0.3 is 20.1 Å². The summed E-state index contributed by atoms with van der Waals surface area (Å²) in [5.74, 6) is 1.39. The lowest BCUT2D eigenvalue weighted by Gasteiger charge is -2.39. The van der Waals surface area contributed by atoms with E-state index in [-0.39, 0.29) is 11.9 Å². The predicted octanol–water partition coefficient (Wildman–Crippen LogP) is 3.31. The summed E-state index contributed by atoms with van der Waals surface area (Å²) in [7, 11) is 3.27. The number of methoxy groups -OCH3 is 2. The second kappa shape index (κ2) is 8.44. The highest BCUT2D eigenvalue weighted by molar-refractivity contribution is 5.83. The zero-order valence-corrected chi connectivity index (χ0v) is 16.3. The van der Waals surface area contributed by atoms with Gasteiger partial charge in [-0.2, -0.15) is 0 Å². The van der Waals surface area contributed by atoms with Gasteiger partial charge in [-0.3, -0.25) is 4.79 Å². The number of rotatable bonds is 6. The van der Waals surface area contributed by atoms with Crippen LogP contribution in [0, 0.1) is 0 Å². The molecule has 27 heavy (non-hydrogen) atoms. The largest absolute Gasteiger partial charge is 0.493 e. The van der Waals surface area contributed by atoms with Crippen LogP contribution in [0.4, 0.5) is 0 Å². The van der Waals surface area contributed by atoms with Crippen LogP contribution in [0.3, 0.4) is 0 Å². The maximum Gasteiger partial charge on any atom is 0.240 e. The molecule has 2 atom stereocenters. The molecule has 2 N–H and O–H groups in total. The molecule has 0 fully saturated rings. The Balaban J connectivity index is 2.09. The van der Waals surface area contributed by atoms with E-state index in [1.54, 1.807) is 14.2 Å². The highest BCUT2D eigenvalue weighted by Crippen LogP contribution is 2.41. The molecule has 5 nitrogen and oxygen atoms in total. The lowest BCUT2D eigenvalue weighted by atomic mass is 9.87. The van der Waals surface area contributed by atoms with Crippen molar-refractivity contribution < 1.29 is 14.3 Å². The van der Waals surface area contributed by atoms with E-state index < -0.39 is 6.04 Å². The molecule has 1 amide bonds. The minimum absolute atomic E-state index is 0.00568. The summed E-state index contributed by atoms with van der Waals surface area (Å²) in [5, 5.41) is 0. The van der Waals surface area contributed by atoms with Crippen LogP contribution in [-0.4, -0.2) is 37.6 Å². The molecule has 0 aliphatic carbocycles. The van der Waals surface area contributed by atoms with Crippen LogP contribution in [0.15, 0.2) is 42.5 Å². The molecule has 0 spiro atoms. The molecule has 0 saturated heterocycles. The molecular formula is C22H28N2O3. The third-order valence-corrected chi connectivity index (χ3v) is 5.19. The first-order valence-corrected chi connectivity index (χ1v) is 9.46. The summed E-state index contributed by atoms with van der Waals surface area (Å²) in [4.78, 5) is 15.0. The van der Waals surface area contributed by atoms with Crippen molar-refractivity contribution in [3.8, 4) is 11.5 Å². The second-order valence-electron chi connectivity index (χ2n) is 6.90. The fraction of sp³-hybridized carbons (Fsp3) is 0.409. The quantitative estimate of drug-likeness (QED) is 0.850. The molecule has 1 aliphatic rings. The highest BCUT2D eigenvalue weighted by atomic mass is 16.5. The monoisotopic (exact) mass is 368 g/mol. The first kappa shape index (κ1) is 19.2. The van der Waals surface area contributed by atoms with Crippen molar-refractivity contribution in [1.29, 1.82) is 0 Å². The summed E-state index contributed by atoms with van der Waals surface area (Å²) >= 11 is 0. The molecule has 0 saturated carbocycles. The number of carbonyl (C=O) groups excluding carboxylic acids is 1. The van der Waals surface area contributed by atoms with E-state index >= 15 is 0 Å². The van der Waals surface area contributed by atoms with Crippen molar-refractivity contribution in [2.75, 3.05) is 20.8 Å². The normalized spacial score (nSPS) is 17.2. The molecule has 2 unspecified atom stereocenters. The molecule has 2 aromatic rings. The van der Waals surface area contributed by atoms with E-state index in [1.807, 2.05) is 42.2 Å².